The predicted octanol–water partition coefficient (Wildman–Crippen LogP) is 3.66. The van der Waals surface area contributed by atoms with Crippen LogP contribution in [0.25, 0.3) is 11.3 Å². The molecule has 2 amide bonds. The van der Waals surface area contributed by atoms with Gasteiger partial charge < -0.3 is 10.6 Å². The van der Waals surface area contributed by atoms with E-state index < -0.39 is 0 Å². The van der Waals surface area contributed by atoms with Crippen molar-refractivity contribution in [3.63, 3.8) is 0 Å². The van der Waals surface area contributed by atoms with Crippen molar-refractivity contribution >= 4 is 29.3 Å². The molecule has 0 saturated carbocycles. The van der Waals surface area contributed by atoms with Gasteiger partial charge in [0.25, 0.3) is 0 Å². The highest BCUT2D eigenvalue weighted by Crippen LogP contribution is 2.20. The second kappa shape index (κ2) is 8.17. The van der Waals surface area contributed by atoms with Gasteiger partial charge in [-0.25, -0.2) is 19.7 Å². The number of amides is 2. The number of hydrogen-bond acceptors (Lipinski definition) is 6. The van der Waals surface area contributed by atoms with Crippen LogP contribution in [-0.4, -0.2) is 30.8 Å². The molecule has 0 fully saturated rings. The zero-order valence-electron chi connectivity index (χ0n) is 15.6. The Labute approximate surface area is 166 Å². The van der Waals surface area contributed by atoms with Crippen molar-refractivity contribution in [2.24, 2.45) is 7.05 Å². The summed E-state index contributed by atoms with van der Waals surface area (Å²) in [5, 5.41) is 12.7. The van der Waals surface area contributed by atoms with Crippen LogP contribution in [-0.2, 0) is 7.05 Å². The van der Waals surface area contributed by atoms with E-state index in [-0.39, 0.29) is 6.03 Å². The molecule has 29 heavy (non-hydrogen) atoms. The number of carbonyl (C=O) groups excluding carboxylic acids is 1. The Kier molecular flexibility index (Phi) is 5.10. The molecule has 4 rings (SSSR count). The molecule has 4 aromatic rings. The fourth-order valence-corrected chi connectivity index (χ4v) is 2.61. The third-order valence-electron chi connectivity index (χ3n) is 4.05. The smallest absolute Gasteiger partial charge is 0.309 e. The predicted molar refractivity (Wildman–Crippen MR) is 111 cm³/mol. The SMILES string of the molecule is Cn1nccc1Nc1nccc(-c2ccc(NC(=O)Nc3ccccc3)nc2)n1. The molecule has 0 aliphatic carbocycles. The van der Waals surface area contributed by atoms with E-state index in [0.717, 1.165) is 11.4 Å². The summed E-state index contributed by atoms with van der Waals surface area (Å²) in [6.07, 6.45) is 5.00. The summed E-state index contributed by atoms with van der Waals surface area (Å²) in [7, 11) is 1.83. The largest absolute Gasteiger partial charge is 0.324 e. The average molecular weight is 386 g/mol. The van der Waals surface area contributed by atoms with Crippen LogP contribution in [0.3, 0.4) is 0 Å². The van der Waals surface area contributed by atoms with Gasteiger partial charge in [-0.05, 0) is 30.3 Å². The van der Waals surface area contributed by atoms with Crippen molar-refractivity contribution in [3.8, 4) is 11.3 Å². The number of carbonyl (C=O) groups is 1. The highest BCUT2D eigenvalue weighted by Gasteiger charge is 2.07. The lowest BCUT2D eigenvalue weighted by Gasteiger charge is -2.08. The molecule has 144 valence electrons. The number of benzene rings is 1. The third kappa shape index (κ3) is 4.53. The zero-order chi connectivity index (χ0) is 20.1. The molecule has 0 radical (unpaired) electrons. The highest BCUT2D eigenvalue weighted by molar-refractivity contribution is 5.99. The maximum atomic E-state index is 12.1. The van der Waals surface area contributed by atoms with Crippen molar-refractivity contribution in [2.45, 2.75) is 0 Å². The van der Waals surface area contributed by atoms with Crippen LogP contribution in [0.1, 0.15) is 0 Å². The lowest BCUT2D eigenvalue weighted by atomic mass is 10.2. The van der Waals surface area contributed by atoms with Crippen LogP contribution in [0.15, 0.2) is 73.2 Å². The number of nitrogens with one attached hydrogen (secondary N) is 3. The Morgan fingerprint density at radius 3 is 2.52 bits per heavy atom. The number of hydrogen-bond donors (Lipinski definition) is 3. The second-order valence-electron chi connectivity index (χ2n) is 6.11. The average Bonchev–Trinajstić information content (AvgIpc) is 3.14. The van der Waals surface area contributed by atoms with E-state index in [9.17, 15) is 4.79 Å². The van der Waals surface area contributed by atoms with Crippen molar-refractivity contribution in [1.82, 2.24) is 24.7 Å². The monoisotopic (exact) mass is 386 g/mol. The Balaban J connectivity index is 1.43. The number of urea groups is 1. The van der Waals surface area contributed by atoms with Gasteiger partial charge in [-0.3, -0.25) is 10.00 Å². The summed E-state index contributed by atoms with van der Waals surface area (Å²) < 4.78 is 1.69. The molecular formula is C20H18N8O. The summed E-state index contributed by atoms with van der Waals surface area (Å²) in [5.41, 5.74) is 2.21. The topological polar surface area (TPSA) is 110 Å². The van der Waals surface area contributed by atoms with Crippen LogP contribution in [0.5, 0.6) is 0 Å². The van der Waals surface area contributed by atoms with E-state index in [4.69, 9.17) is 0 Å². The van der Waals surface area contributed by atoms with Gasteiger partial charge in [0.05, 0.1) is 11.9 Å². The minimum atomic E-state index is -0.360. The molecule has 0 unspecified atom stereocenters. The minimum absolute atomic E-state index is 0.360. The van der Waals surface area contributed by atoms with Crippen LogP contribution in [0, 0.1) is 0 Å². The Morgan fingerprint density at radius 1 is 0.931 bits per heavy atom. The molecule has 0 aliphatic heterocycles. The lowest BCUT2D eigenvalue weighted by molar-refractivity contribution is 0.262. The molecule has 3 aromatic heterocycles. The molecular weight excluding hydrogens is 368 g/mol. The summed E-state index contributed by atoms with van der Waals surface area (Å²) in [5.74, 6) is 1.67. The Morgan fingerprint density at radius 2 is 1.79 bits per heavy atom. The second-order valence-corrected chi connectivity index (χ2v) is 6.11. The summed E-state index contributed by atoms with van der Waals surface area (Å²) in [6, 6.07) is 16.0. The van der Waals surface area contributed by atoms with E-state index in [0.29, 0.717) is 23.1 Å². The van der Waals surface area contributed by atoms with E-state index in [2.05, 4.69) is 36.0 Å². The molecule has 0 spiro atoms. The lowest BCUT2D eigenvalue weighted by Crippen LogP contribution is -2.19. The van der Waals surface area contributed by atoms with Gasteiger partial charge in [-0.2, -0.15) is 5.10 Å². The molecule has 9 nitrogen and oxygen atoms in total. The van der Waals surface area contributed by atoms with Gasteiger partial charge in [0.1, 0.15) is 11.6 Å². The Bertz CT molecular complexity index is 1110. The zero-order valence-corrected chi connectivity index (χ0v) is 15.6. The molecule has 9 heteroatoms. The third-order valence-corrected chi connectivity index (χ3v) is 4.05. The maximum Gasteiger partial charge on any atom is 0.324 e. The van der Waals surface area contributed by atoms with E-state index in [1.165, 1.54) is 0 Å². The number of anilines is 4. The van der Waals surface area contributed by atoms with Crippen LogP contribution in [0.4, 0.5) is 28.1 Å². The molecule has 0 saturated heterocycles. The van der Waals surface area contributed by atoms with Gasteiger partial charge in [-0.1, -0.05) is 18.2 Å². The molecule has 0 atom stereocenters. The van der Waals surface area contributed by atoms with Gasteiger partial charge in [0, 0.05) is 36.8 Å². The normalized spacial score (nSPS) is 10.4. The molecule has 3 heterocycles. The van der Waals surface area contributed by atoms with Crippen molar-refractivity contribution in [2.75, 3.05) is 16.0 Å². The van der Waals surface area contributed by atoms with Crippen LogP contribution < -0.4 is 16.0 Å². The number of nitrogens with zero attached hydrogens (tertiary/aromatic N) is 5. The number of rotatable bonds is 5. The molecule has 0 aliphatic rings. The number of aromatic nitrogens is 5. The van der Waals surface area contributed by atoms with Gasteiger partial charge in [-0.15, -0.1) is 0 Å². The quantitative estimate of drug-likeness (QED) is 0.483. The van der Waals surface area contributed by atoms with Gasteiger partial charge in [0.2, 0.25) is 5.95 Å². The Hall–Kier alpha value is -4.27. The highest BCUT2D eigenvalue weighted by atomic mass is 16.2. The minimum Gasteiger partial charge on any atom is -0.309 e. The van der Waals surface area contributed by atoms with E-state index in [1.807, 2.05) is 49.5 Å². The summed E-state index contributed by atoms with van der Waals surface area (Å²) in [6.45, 7) is 0. The van der Waals surface area contributed by atoms with Gasteiger partial charge >= 0.3 is 6.03 Å². The van der Waals surface area contributed by atoms with Crippen molar-refractivity contribution < 1.29 is 4.79 Å². The molecule has 3 N–H and O–H groups in total. The maximum absolute atomic E-state index is 12.1. The summed E-state index contributed by atoms with van der Waals surface area (Å²) in [4.78, 5) is 25.1. The summed E-state index contributed by atoms with van der Waals surface area (Å²) >= 11 is 0. The van der Waals surface area contributed by atoms with Crippen LogP contribution in [0.2, 0.25) is 0 Å². The van der Waals surface area contributed by atoms with Crippen molar-refractivity contribution in [3.05, 3.63) is 73.2 Å². The standard InChI is InChI=1S/C20H18N8O/c1-28-18(10-12-23-28)27-19-21-11-9-16(25-19)14-7-8-17(22-13-14)26-20(29)24-15-5-3-2-4-6-15/h2-13H,1H3,(H,21,25,27)(H2,22,24,26,29). The first-order chi connectivity index (χ1) is 14.2. The fourth-order valence-electron chi connectivity index (χ4n) is 2.61. The first kappa shape index (κ1) is 18.1. The molecule has 1 aromatic carbocycles. The van der Waals surface area contributed by atoms with Crippen molar-refractivity contribution in [1.29, 1.82) is 0 Å². The van der Waals surface area contributed by atoms with E-state index >= 15 is 0 Å². The number of para-hydroxylation sites is 1. The van der Waals surface area contributed by atoms with E-state index in [1.54, 1.807) is 35.4 Å². The first-order valence-electron chi connectivity index (χ1n) is 8.85. The fraction of sp³-hybridized carbons (Fsp3) is 0.0500. The molecule has 0 bridgehead atoms. The number of pyridine rings is 1. The first-order valence-corrected chi connectivity index (χ1v) is 8.85. The number of aryl methyl sites for hydroxylation is 1. The van der Waals surface area contributed by atoms with Crippen LogP contribution >= 0.6 is 0 Å². The van der Waals surface area contributed by atoms with Gasteiger partial charge in [0.15, 0.2) is 0 Å².